The van der Waals surface area contributed by atoms with Crippen molar-refractivity contribution < 1.29 is 19.1 Å². The molecule has 0 saturated heterocycles. The van der Waals surface area contributed by atoms with E-state index in [1.807, 2.05) is 48.3 Å². The number of hydrogen-bond acceptors (Lipinski definition) is 7. The van der Waals surface area contributed by atoms with Gasteiger partial charge in [-0.1, -0.05) is 29.8 Å². The SMILES string of the molecule is COc1cccc(SCC(O)CN(C)Cc2cc3c(=O)c(CC(=O)NCc4ccc(Cl)cc4)cn(C)c3o2)c1. The maximum absolute atomic E-state index is 13.1. The van der Waals surface area contributed by atoms with E-state index >= 15 is 0 Å². The van der Waals surface area contributed by atoms with Gasteiger partial charge in [0, 0.05) is 47.6 Å². The number of carbonyl (C=O) groups is 1. The van der Waals surface area contributed by atoms with Crippen molar-refractivity contribution in [3.05, 3.63) is 92.9 Å². The van der Waals surface area contributed by atoms with Crippen molar-refractivity contribution in [2.24, 2.45) is 7.05 Å². The number of aliphatic hydroxyl groups excluding tert-OH is 1. The summed E-state index contributed by atoms with van der Waals surface area (Å²) < 4.78 is 12.9. The van der Waals surface area contributed by atoms with Crippen molar-refractivity contribution in [2.75, 3.05) is 26.5 Å². The predicted molar refractivity (Wildman–Crippen MR) is 155 cm³/mol. The molecule has 1 atom stereocenters. The van der Waals surface area contributed by atoms with Gasteiger partial charge in [-0.3, -0.25) is 14.5 Å². The number of aliphatic hydroxyl groups is 1. The fourth-order valence-electron chi connectivity index (χ4n) is 4.25. The van der Waals surface area contributed by atoms with E-state index in [-0.39, 0.29) is 17.8 Å². The number of benzene rings is 2. The van der Waals surface area contributed by atoms with Crippen molar-refractivity contribution in [3.8, 4) is 5.75 Å². The van der Waals surface area contributed by atoms with E-state index in [9.17, 15) is 14.7 Å². The van der Waals surface area contributed by atoms with E-state index in [1.165, 1.54) is 0 Å². The Hall–Kier alpha value is -3.24. The highest BCUT2D eigenvalue weighted by molar-refractivity contribution is 7.99. The second-order valence-electron chi connectivity index (χ2n) is 9.45. The van der Waals surface area contributed by atoms with Gasteiger partial charge in [0.2, 0.25) is 11.6 Å². The summed E-state index contributed by atoms with van der Waals surface area (Å²) in [6.45, 7) is 1.21. The Labute approximate surface area is 236 Å². The minimum atomic E-state index is -0.556. The van der Waals surface area contributed by atoms with Crippen molar-refractivity contribution in [1.82, 2.24) is 14.8 Å². The molecule has 2 aromatic heterocycles. The highest BCUT2D eigenvalue weighted by atomic mass is 35.5. The normalized spacial score (nSPS) is 12.2. The number of fused-ring (bicyclic) bond motifs is 1. The van der Waals surface area contributed by atoms with Crippen LogP contribution in [-0.2, 0) is 31.4 Å². The fraction of sp³-hybridized carbons (Fsp3) is 0.310. The number of nitrogens with zero attached hydrogens (tertiary/aromatic N) is 2. The second kappa shape index (κ2) is 13.2. The Morgan fingerprint density at radius 2 is 2.00 bits per heavy atom. The van der Waals surface area contributed by atoms with Crippen molar-refractivity contribution in [1.29, 1.82) is 0 Å². The topological polar surface area (TPSA) is 96.9 Å². The fourth-order valence-corrected chi connectivity index (χ4v) is 5.24. The van der Waals surface area contributed by atoms with Gasteiger partial charge in [-0.25, -0.2) is 0 Å². The Morgan fingerprint density at radius 3 is 2.74 bits per heavy atom. The summed E-state index contributed by atoms with van der Waals surface area (Å²) in [6.07, 6.45) is 1.05. The third-order valence-corrected chi connectivity index (χ3v) is 7.55. The summed E-state index contributed by atoms with van der Waals surface area (Å²) in [5, 5.41) is 14.4. The van der Waals surface area contributed by atoms with Crippen LogP contribution >= 0.6 is 23.4 Å². The van der Waals surface area contributed by atoms with Crippen LogP contribution in [0.4, 0.5) is 0 Å². The van der Waals surface area contributed by atoms with Gasteiger partial charge in [-0.05, 0) is 49.0 Å². The molecule has 2 aromatic carbocycles. The summed E-state index contributed by atoms with van der Waals surface area (Å²) in [6, 6.07) is 16.7. The van der Waals surface area contributed by atoms with Crippen LogP contribution in [0, 0.1) is 0 Å². The van der Waals surface area contributed by atoms with Gasteiger partial charge in [-0.2, -0.15) is 0 Å². The van der Waals surface area contributed by atoms with E-state index in [0.29, 0.717) is 52.8 Å². The number of amides is 1. The number of hydrogen-bond donors (Lipinski definition) is 2. The first-order chi connectivity index (χ1) is 18.7. The van der Waals surface area contributed by atoms with Gasteiger partial charge in [0.25, 0.3) is 0 Å². The number of aryl methyl sites for hydroxylation is 1. The molecule has 0 saturated carbocycles. The average Bonchev–Trinajstić information content (AvgIpc) is 3.34. The first-order valence-electron chi connectivity index (χ1n) is 12.5. The number of ether oxygens (including phenoxy) is 1. The zero-order chi connectivity index (χ0) is 27.9. The minimum absolute atomic E-state index is 0.0340. The van der Waals surface area contributed by atoms with Gasteiger partial charge in [0.05, 0.1) is 31.6 Å². The Kier molecular flexibility index (Phi) is 9.74. The first kappa shape index (κ1) is 28.8. The molecule has 0 bridgehead atoms. The molecule has 2 N–H and O–H groups in total. The van der Waals surface area contributed by atoms with Crippen LogP contribution in [0.15, 0.2) is 74.9 Å². The minimum Gasteiger partial charge on any atom is -0.497 e. The van der Waals surface area contributed by atoms with Gasteiger partial charge >= 0.3 is 0 Å². The molecule has 8 nitrogen and oxygen atoms in total. The average molecular weight is 570 g/mol. The summed E-state index contributed by atoms with van der Waals surface area (Å²) in [7, 11) is 5.30. The maximum Gasteiger partial charge on any atom is 0.224 e. The number of rotatable bonds is 12. The summed E-state index contributed by atoms with van der Waals surface area (Å²) in [4.78, 5) is 28.6. The standard InChI is InChI=1S/C29H32ClN3O5S/c1-32(16-22(34)18-39-25-6-4-5-23(12-25)37-3)17-24-13-26-28(36)20(15-33(2)29(26)38-24)11-27(35)31-14-19-7-9-21(30)10-8-19/h4-10,12-13,15,22,34H,11,14,16-18H2,1-3H3,(H,31,35). The van der Waals surface area contributed by atoms with Crippen LogP contribution < -0.4 is 15.5 Å². The number of thioether (sulfide) groups is 1. The third-order valence-electron chi connectivity index (χ3n) is 6.16. The van der Waals surface area contributed by atoms with Crippen molar-refractivity contribution in [2.45, 2.75) is 30.5 Å². The lowest BCUT2D eigenvalue weighted by molar-refractivity contribution is -0.120. The monoisotopic (exact) mass is 569 g/mol. The number of nitrogens with one attached hydrogen (secondary N) is 1. The molecule has 0 aliphatic rings. The Balaban J connectivity index is 1.34. The molecule has 39 heavy (non-hydrogen) atoms. The number of pyridine rings is 1. The van der Waals surface area contributed by atoms with Crippen LogP contribution in [-0.4, -0.2) is 53.0 Å². The van der Waals surface area contributed by atoms with Gasteiger partial charge in [0.1, 0.15) is 11.5 Å². The Morgan fingerprint density at radius 1 is 1.23 bits per heavy atom. The number of aromatic nitrogens is 1. The zero-order valence-corrected chi connectivity index (χ0v) is 23.7. The molecule has 0 radical (unpaired) electrons. The van der Waals surface area contributed by atoms with Crippen molar-refractivity contribution >= 4 is 40.4 Å². The molecular weight excluding hydrogens is 538 g/mol. The lowest BCUT2D eigenvalue weighted by Crippen LogP contribution is -2.30. The molecule has 0 spiro atoms. The number of furan rings is 1. The van der Waals surface area contributed by atoms with Crippen LogP contribution in [0.1, 0.15) is 16.9 Å². The molecule has 2 heterocycles. The van der Waals surface area contributed by atoms with Crippen LogP contribution in [0.5, 0.6) is 5.75 Å². The lowest BCUT2D eigenvalue weighted by atomic mass is 10.1. The first-order valence-corrected chi connectivity index (χ1v) is 13.8. The predicted octanol–water partition coefficient (Wildman–Crippen LogP) is 4.24. The largest absolute Gasteiger partial charge is 0.497 e. The highest BCUT2D eigenvalue weighted by Gasteiger charge is 2.17. The molecule has 1 amide bonds. The number of likely N-dealkylation sites (N-methyl/N-ethyl adjacent to an activating group) is 1. The molecule has 4 rings (SSSR count). The zero-order valence-electron chi connectivity index (χ0n) is 22.1. The molecule has 206 valence electrons. The molecule has 10 heteroatoms. The van der Waals surface area contributed by atoms with Gasteiger partial charge in [-0.15, -0.1) is 11.8 Å². The molecule has 0 fully saturated rings. The molecular formula is C29H32ClN3O5S. The van der Waals surface area contributed by atoms with E-state index < -0.39 is 6.10 Å². The summed E-state index contributed by atoms with van der Waals surface area (Å²) >= 11 is 7.47. The van der Waals surface area contributed by atoms with Crippen LogP contribution in [0.2, 0.25) is 5.02 Å². The lowest BCUT2D eigenvalue weighted by Gasteiger charge is -2.19. The molecule has 4 aromatic rings. The molecule has 1 unspecified atom stereocenters. The van der Waals surface area contributed by atoms with Crippen LogP contribution in [0.25, 0.3) is 11.1 Å². The highest BCUT2D eigenvalue weighted by Crippen LogP contribution is 2.24. The number of halogens is 1. The van der Waals surface area contributed by atoms with E-state index in [0.717, 1.165) is 16.2 Å². The quantitative estimate of drug-likeness (QED) is 0.246. The maximum atomic E-state index is 13.1. The number of methoxy groups -OCH3 is 1. The van der Waals surface area contributed by atoms with E-state index in [1.54, 1.807) is 54.9 Å². The molecule has 0 aliphatic heterocycles. The summed E-state index contributed by atoms with van der Waals surface area (Å²) in [5.41, 5.74) is 1.54. The van der Waals surface area contributed by atoms with E-state index in [2.05, 4.69) is 5.32 Å². The smallest absolute Gasteiger partial charge is 0.224 e. The summed E-state index contributed by atoms with van der Waals surface area (Å²) in [5.74, 6) is 1.67. The van der Waals surface area contributed by atoms with Crippen molar-refractivity contribution in [3.63, 3.8) is 0 Å². The second-order valence-corrected chi connectivity index (χ2v) is 11.0. The molecule has 0 aliphatic carbocycles. The van der Waals surface area contributed by atoms with Gasteiger partial charge < -0.3 is 24.1 Å². The Bertz CT molecular complexity index is 1480. The van der Waals surface area contributed by atoms with Crippen LogP contribution in [0.3, 0.4) is 0 Å². The third kappa shape index (κ3) is 7.89. The van der Waals surface area contributed by atoms with Gasteiger partial charge in [0.15, 0.2) is 5.43 Å². The number of carbonyl (C=O) groups excluding carboxylic acids is 1. The van der Waals surface area contributed by atoms with E-state index in [4.69, 9.17) is 20.8 Å².